The van der Waals surface area contributed by atoms with Crippen molar-refractivity contribution in [2.45, 2.75) is 213 Å². The molecule has 21 nitrogen and oxygen atoms in total. The Morgan fingerprint density at radius 2 is 1.11 bits per heavy atom. The van der Waals surface area contributed by atoms with Gasteiger partial charge in [-0.1, -0.05) is 27.7 Å². The molecule has 8 aliphatic rings. The van der Waals surface area contributed by atoms with Gasteiger partial charge in [-0.25, -0.2) is 0 Å². The Bertz CT molecular complexity index is 2160. The Kier molecular flexibility index (Phi) is 16.6. The molecule has 0 N–H and O–H groups in total. The minimum atomic E-state index is -1.81. The topological polar surface area (TPSA) is 257 Å². The molecule has 4 aliphatic carbocycles. The predicted octanol–water partition coefficient (Wildman–Crippen LogP) is 4.62. The zero-order valence-corrected chi connectivity index (χ0v) is 44.5. The van der Waals surface area contributed by atoms with Gasteiger partial charge < -0.3 is 61.6 Å². The van der Waals surface area contributed by atoms with Crippen LogP contribution in [0.2, 0.25) is 0 Å². The highest BCUT2D eigenvalue weighted by Crippen LogP contribution is 2.70. The predicted molar refractivity (Wildman–Crippen MR) is 250 cm³/mol. The van der Waals surface area contributed by atoms with Crippen molar-refractivity contribution in [1.82, 2.24) is 0 Å². The summed E-state index contributed by atoms with van der Waals surface area (Å²) in [4.78, 5) is 103. The largest absolute Gasteiger partial charge is 0.463 e. The Balaban J connectivity index is 1.04. The van der Waals surface area contributed by atoms with Gasteiger partial charge in [-0.15, -0.1) is 0 Å². The zero-order chi connectivity index (χ0) is 53.8. The zero-order valence-electron chi connectivity index (χ0n) is 44.5. The van der Waals surface area contributed by atoms with Crippen molar-refractivity contribution in [1.29, 1.82) is 0 Å². The van der Waals surface area contributed by atoms with E-state index in [0.717, 1.165) is 80.6 Å². The summed E-state index contributed by atoms with van der Waals surface area (Å²) in [6.45, 7) is 16.4. The van der Waals surface area contributed by atoms with Crippen molar-refractivity contribution in [2.24, 2.45) is 52.3 Å². The molecule has 4 saturated heterocycles. The van der Waals surface area contributed by atoms with E-state index in [-0.39, 0.29) is 46.5 Å². The van der Waals surface area contributed by atoms with Gasteiger partial charge in [0.05, 0.1) is 18.8 Å². The van der Waals surface area contributed by atoms with Crippen LogP contribution < -0.4 is 0 Å². The van der Waals surface area contributed by atoms with Crippen LogP contribution in [0.25, 0.3) is 0 Å². The molecule has 0 amide bonds. The molecule has 0 radical (unpaired) electrons. The van der Waals surface area contributed by atoms with Gasteiger partial charge in [0.2, 0.25) is 0 Å². The average Bonchev–Trinajstić information content (AvgIpc) is 3.74. The number of Topliss-reactive ketones (excluding diaryl/α,β-unsaturated/α-hetero) is 1. The second-order valence-corrected chi connectivity index (χ2v) is 22.8. The molecule has 0 aromatic carbocycles. The number of fused-ring (bicyclic) bond motifs is 7. The van der Waals surface area contributed by atoms with Gasteiger partial charge in [0, 0.05) is 73.1 Å². The third-order valence-corrected chi connectivity index (χ3v) is 17.8. The fourth-order valence-electron chi connectivity index (χ4n) is 14.9. The van der Waals surface area contributed by atoms with E-state index in [1.54, 1.807) is 0 Å². The van der Waals surface area contributed by atoms with Gasteiger partial charge in [0.25, 0.3) is 0 Å². The molecule has 8 rings (SSSR count). The summed E-state index contributed by atoms with van der Waals surface area (Å²) in [5.41, 5.74) is -0.514. The van der Waals surface area contributed by atoms with E-state index in [4.69, 9.17) is 61.6 Å². The van der Waals surface area contributed by atoms with Crippen molar-refractivity contribution in [3.05, 3.63) is 0 Å². The van der Waals surface area contributed by atoms with Gasteiger partial charge >= 0.3 is 41.8 Å². The monoisotopic (exact) mass is 1050 g/mol. The Hall–Kier alpha value is -4.28. The molecule has 0 bridgehead atoms. The van der Waals surface area contributed by atoms with Gasteiger partial charge in [-0.2, -0.15) is 0 Å². The Morgan fingerprint density at radius 1 is 0.581 bits per heavy atom. The number of esters is 7. The fraction of sp³-hybridized carbons (Fsp3) is 0.849. The molecule has 21 heteroatoms. The number of hydrogen-bond donors (Lipinski definition) is 0. The summed E-state index contributed by atoms with van der Waals surface area (Å²) >= 11 is 0. The maximum atomic E-state index is 14.8. The third kappa shape index (κ3) is 11.1. The van der Waals surface area contributed by atoms with Gasteiger partial charge in [-0.05, 0) is 85.4 Å². The van der Waals surface area contributed by atoms with Gasteiger partial charge in [0.15, 0.2) is 48.9 Å². The molecule has 74 heavy (non-hydrogen) atoms. The van der Waals surface area contributed by atoms with E-state index in [0.29, 0.717) is 49.9 Å². The van der Waals surface area contributed by atoms with Crippen LogP contribution in [0.1, 0.15) is 134 Å². The van der Waals surface area contributed by atoms with Crippen LogP contribution in [0.15, 0.2) is 0 Å². The first-order valence-corrected chi connectivity index (χ1v) is 26.4. The van der Waals surface area contributed by atoms with Crippen LogP contribution in [0.4, 0.5) is 0 Å². The molecule has 2 unspecified atom stereocenters. The number of ketones is 1. The average molecular weight is 1050 g/mol. The first-order chi connectivity index (χ1) is 34.8. The molecule has 8 fully saturated rings. The highest BCUT2D eigenvalue weighted by Gasteiger charge is 2.71. The lowest BCUT2D eigenvalue weighted by molar-refractivity contribution is -0.365. The molecule has 4 heterocycles. The number of hydrogen-bond acceptors (Lipinski definition) is 21. The lowest BCUT2D eigenvalue weighted by atomic mass is 9.44. The SMILES string of the molecule is CC(=O)OC[C@H]1O[C@@H](O[C@H]2[C@H](OC(C)=O)[C@@H](OC(C)=O)[C@H](O[C@H]3CC[C@@]4(C)[C@@H](CC[C@@H]5[C@@H]4C(=O)C[C@]4(C)C6C(C[C@@H]54)O[C@]4(CC[C@@H](C)CO4)[C@H]6C)C3)O[C@@H]2COC(C)=O)[C@H](OC(C)=O)[C@@H](OC(C)=O)[C@@H]1OC(C)=O. The Morgan fingerprint density at radius 3 is 1.65 bits per heavy atom. The van der Waals surface area contributed by atoms with Crippen molar-refractivity contribution >= 4 is 47.6 Å². The summed E-state index contributed by atoms with van der Waals surface area (Å²) < 4.78 is 78.8. The van der Waals surface area contributed by atoms with Crippen LogP contribution in [-0.4, -0.2) is 147 Å². The Labute approximate surface area is 431 Å². The molecule has 0 aromatic rings. The van der Waals surface area contributed by atoms with Crippen LogP contribution in [0, 0.1) is 52.3 Å². The highest BCUT2D eigenvalue weighted by atomic mass is 16.8. The molecule has 22 atom stereocenters. The molecule has 414 valence electrons. The van der Waals surface area contributed by atoms with Crippen molar-refractivity contribution in [3.63, 3.8) is 0 Å². The molecule has 0 aromatic heterocycles. The summed E-state index contributed by atoms with van der Waals surface area (Å²) in [6, 6.07) is 0. The van der Waals surface area contributed by atoms with E-state index in [2.05, 4.69) is 27.7 Å². The molecule has 4 aliphatic heterocycles. The van der Waals surface area contributed by atoms with Crippen molar-refractivity contribution in [2.75, 3.05) is 19.8 Å². The smallest absolute Gasteiger partial charge is 0.303 e. The summed E-state index contributed by atoms with van der Waals surface area (Å²) in [7, 11) is 0. The summed E-state index contributed by atoms with van der Waals surface area (Å²) in [6.07, 6.45) is -9.26. The van der Waals surface area contributed by atoms with Crippen LogP contribution in [0.3, 0.4) is 0 Å². The standard InChI is InChI=1S/C53H76O21/c1-24-14-17-53(64-21-24)25(2)41-38(74-53)19-36-35-13-12-33-18-34(15-16-51(33,10)42(35)37(61)20-52(36,41)11)70-49-47(68-31(8)59)46(67-30(7)58)44(40(71-49)23-63-27(4)55)73-50-48(69-32(9)60)45(66-29(6)57)43(65-28(5)56)39(72-50)22-62-26(3)54/h24-25,33-36,38-50H,12-23H2,1-11H3/t24-,25+,33+,34+,35+,36+,38?,39-,40-,41?,42-,43-,44-,45+,46+,47-,48-,49-,50+,51+,52+,53-/m1/s1. The van der Waals surface area contributed by atoms with Gasteiger partial charge in [0.1, 0.15) is 37.3 Å². The lowest BCUT2D eigenvalue weighted by Gasteiger charge is -2.60. The van der Waals surface area contributed by atoms with Crippen LogP contribution in [0.5, 0.6) is 0 Å². The van der Waals surface area contributed by atoms with E-state index >= 15 is 0 Å². The van der Waals surface area contributed by atoms with E-state index < -0.39 is 128 Å². The number of carbonyl (C=O) groups excluding carboxylic acids is 8. The van der Waals surface area contributed by atoms with E-state index in [1.807, 2.05) is 0 Å². The van der Waals surface area contributed by atoms with Crippen molar-refractivity contribution < 1.29 is 99.9 Å². The van der Waals surface area contributed by atoms with E-state index in [9.17, 15) is 38.4 Å². The number of rotatable bonds is 13. The molecular formula is C53H76O21. The maximum Gasteiger partial charge on any atom is 0.303 e. The second kappa shape index (κ2) is 22.0. The maximum absolute atomic E-state index is 14.8. The third-order valence-electron chi connectivity index (χ3n) is 17.8. The van der Waals surface area contributed by atoms with Crippen molar-refractivity contribution in [3.8, 4) is 0 Å². The fourth-order valence-corrected chi connectivity index (χ4v) is 14.9. The van der Waals surface area contributed by atoms with Crippen LogP contribution >= 0.6 is 0 Å². The highest BCUT2D eigenvalue weighted by molar-refractivity contribution is 5.84. The molecular weight excluding hydrogens is 973 g/mol. The van der Waals surface area contributed by atoms with Gasteiger partial charge in [-0.3, -0.25) is 38.4 Å². The quantitative estimate of drug-likeness (QED) is 0.139. The first-order valence-electron chi connectivity index (χ1n) is 26.4. The minimum Gasteiger partial charge on any atom is -0.463 e. The summed E-state index contributed by atoms with van der Waals surface area (Å²) in [5, 5.41) is 0. The number of carbonyl (C=O) groups is 8. The minimum absolute atomic E-state index is 0.0490. The normalized spacial score (nSPS) is 44.3. The van der Waals surface area contributed by atoms with Crippen LogP contribution in [-0.2, 0) is 99.9 Å². The first kappa shape index (κ1) is 55.9. The molecule has 1 spiro atoms. The lowest BCUT2D eigenvalue weighted by Crippen LogP contribution is -2.67. The number of ether oxygens (including phenoxy) is 13. The second-order valence-electron chi connectivity index (χ2n) is 22.8. The van der Waals surface area contributed by atoms with E-state index in [1.165, 1.54) is 0 Å². The summed E-state index contributed by atoms with van der Waals surface area (Å²) in [5.74, 6) is -4.62. The molecule has 4 saturated carbocycles.